The van der Waals surface area contributed by atoms with Gasteiger partial charge in [0.05, 0.1) is 0 Å². The summed E-state index contributed by atoms with van der Waals surface area (Å²) in [6.45, 7) is 0.939. The van der Waals surface area contributed by atoms with E-state index in [1.807, 2.05) is 41.7 Å². The summed E-state index contributed by atoms with van der Waals surface area (Å²) in [7, 11) is 0. The van der Waals surface area contributed by atoms with Gasteiger partial charge in [-0.15, -0.1) is 0 Å². The van der Waals surface area contributed by atoms with Crippen LogP contribution in [-0.4, -0.2) is 34.0 Å². The Morgan fingerprint density at radius 1 is 1.50 bits per heavy atom. The number of hydrogen-bond donors (Lipinski definition) is 2. The fourth-order valence-electron chi connectivity index (χ4n) is 1.75. The number of rotatable bonds is 4. The molecule has 2 rings (SSSR count). The van der Waals surface area contributed by atoms with E-state index in [-0.39, 0.29) is 0 Å². The van der Waals surface area contributed by atoms with E-state index in [0.717, 1.165) is 17.8 Å². The molecule has 0 aliphatic carbocycles. The van der Waals surface area contributed by atoms with E-state index < -0.39 is 0 Å². The zero-order chi connectivity index (χ0) is 13.0. The highest BCUT2D eigenvalue weighted by molar-refractivity contribution is 8.06. The van der Waals surface area contributed by atoms with Gasteiger partial charge in [-0.2, -0.15) is 23.5 Å². The van der Waals surface area contributed by atoms with Crippen molar-refractivity contribution < 1.29 is 0 Å². The molecule has 0 spiro atoms. The summed E-state index contributed by atoms with van der Waals surface area (Å²) < 4.78 is 0. The first kappa shape index (κ1) is 14.3. The van der Waals surface area contributed by atoms with Crippen molar-refractivity contribution >= 4 is 58.0 Å². The fourth-order valence-corrected chi connectivity index (χ4v) is 4.71. The van der Waals surface area contributed by atoms with E-state index >= 15 is 0 Å². The summed E-state index contributed by atoms with van der Waals surface area (Å²) in [6.07, 6.45) is 0. The first-order valence-corrected chi connectivity index (χ1v) is 8.68. The van der Waals surface area contributed by atoms with Crippen molar-refractivity contribution in [2.75, 3.05) is 29.1 Å². The Hall–Kier alpha value is -0.100. The minimum absolute atomic E-state index is 0.380. The van der Waals surface area contributed by atoms with E-state index in [2.05, 4.69) is 5.32 Å². The van der Waals surface area contributed by atoms with E-state index in [9.17, 15) is 0 Å². The van der Waals surface area contributed by atoms with E-state index in [1.54, 1.807) is 0 Å². The third-order valence-electron chi connectivity index (χ3n) is 2.65. The molecule has 6 heteroatoms. The lowest BCUT2D eigenvalue weighted by Crippen LogP contribution is -2.24. The first-order chi connectivity index (χ1) is 8.66. The third-order valence-corrected chi connectivity index (χ3v) is 5.95. The van der Waals surface area contributed by atoms with Gasteiger partial charge in [0.15, 0.2) is 0 Å². The smallest absolute Gasteiger partial charge is 0.106 e. The second kappa shape index (κ2) is 6.89. The van der Waals surface area contributed by atoms with Crippen LogP contribution in [0.3, 0.4) is 0 Å². The first-order valence-electron chi connectivity index (χ1n) is 5.69. The zero-order valence-electron chi connectivity index (χ0n) is 9.82. The predicted molar refractivity (Wildman–Crippen MR) is 89.4 cm³/mol. The monoisotopic (exact) mass is 318 g/mol. The Kier molecular flexibility index (Phi) is 5.48. The van der Waals surface area contributed by atoms with Crippen molar-refractivity contribution in [3.05, 3.63) is 28.8 Å². The van der Waals surface area contributed by atoms with Crippen LogP contribution in [0, 0.1) is 0 Å². The molecule has 1 saturated heterocycles. The van der Waals surface area contributed by atoms with E-state index in [0.29, 0.717) is 15.3 Å². The van der Waals surface area contributed by atoms with Crippen molar-refractivity contribution in [2.24, 2.45) is 5.73 Å². The molecular formula is C12H15ClN2S3. The van der Waals surface area contributed by atoms with Gasteiger partial charge in [-0.1, -0.05) is 23.8 Å². The Bertz CT molecular complexity index is 433. The molecule has 1 aliphatic rings. The Balaban J connectivity index is 2.01. The summed E-state index contributed by atoms with van der Waals surface area (Å²) in [5.74, 6) is 3.70. The zero-order valence-corrected chi connectivity index (χ0v) is 13.0. The molecule has 1 aromatic carbocycles. The van der Waals surface area contributed by atoms with Crippen LogP contribution in [0.4, 0.5) is 5.69 Å². The largest absolute Gasteiger partial charge is 0.389 e. The standard InChI is InChI=1S/C12H15ClN2S3/c13-8-1-2-11(10(5-8)12(14)16)15-6-9-7-17-3-4-18-9/h1-2,5,9,15H,3-4,6-7H2,(H2,14,16). The topological polar surface area (TPSA) is 38.0 Å². The summed E-state index contributed by atoms with van der Waals surface area (Å²) in [5.41, 5.74) is 7.52. The van der Waals surface area contributed by atoms with Gasteiger partial charge in [0, 0.05) is 45.3 Å². The highest BCUT2D eigenvalue weighted by Crippen LogP contribution is 2.26. The number of nitrogens with two attached hydrogens (primary N) is 1. The van der Waals surface area contributed by atoms with Gasteiger partial charge in [-0.3, -0.25) is 0 Å². The maximum atomic E-state index is 5.96. The molecule has 0 amide bonds. The second-order valence-electron chi connectivity index (χ2n) is 4.00. The van der Waals surface area contributed by atoms with Gasteiger partial charge >= 0.3 is 0 Å². The average molecular weight is 319 g/mol. The average Bonchev–Trinajstić information content (AvgIpc) is 2.38. The van der Waals surface area contributed by atoms with Crippen LogP contribution in [0.15, 0.2) is 18.2 Å². The summed E-state index contributed by atoms with van der Waals surface area (Å²) in [5, 5.41) is 4.74. The molecule has 1 heterocycles. The number of benzene rings is 1. The van der Waals surface area contributed by atoms with Crippen molar-refractivity contribution in [1.29, 1.82) is 0 Å². The second-order valence-corrected chi connectivity index (χ2v) is 7.44. The Morgan fingerprint density at radius 3 is 3.00 bits per heavy atom. The molecule has 1 aromatic rings. The summed E-state index contributed by atoms with van der Waals surface area (Å²) in [6, 6.07) is 5.61. The van der Waals surface area contributed by atoms with E-state index in [4.69, 9.17) is 29.6 Å². The molecule has 98 valence electrons. The van der Waals surface area contributed by atoms with E-state index in [1.165, 1.54) is 17.3 Å². The maximum Gasteiger partial charge on any atom is 0.106 e. The molecule has 0 saturated carbocycles. The predicted octanol–water partition coefficient (Wildman–Crippen LogP) is 3.23. The normalized spacial score (nSPS) is 19.5. The van der Waals surface area contributed by atoms with Crippen molar-refractivity contribution in [1.82, 2.24) is 0 Å². The Morgan fingerprint density at radius 2 is 2.33 bits per heavy atom. The molecular weight excluding hydrogens is 304 g/mol. The van der Waals surface area contributed by atoms with Crippen molar-refractivity contribution in [3.8, 4) is 0 Å². The maximum absolute atomic E-state index is 5.96. The SMILES string of the molecule is NC(=S)c1cc(Cl)ccc1NCC1CSCCS1. The molecule has 3 N–H and O–H groups in total. The third kappa shape index (κ3) is 3.95. The number of thiocarbonyl (C=S) groups is 1. The lowest BCUT2D eigenvalue weighted by atomic mass is 10.1. The molecule has 2 nitrogen and oxygen atoms in total. The van der Waals surface area contributed by atoms with Gasteiger partial charge in [0.25, 0.3) is 0 Å². The van der Waals surface area contributed by atoms with Gasteiger partial charge < -0.3 is 11.1 Å². The number of halogens is 1. The minimum atomic E-state index is 0.380. The number of hydrogen-bond acceptors (Lipinski definition) is 4. The number of thioether (sulfide) groups is 2. The molecule has 1 atom stereocenters. The molecule has 0 radical (unpaired) electrons. The summed E-state index contributed by atoms with van der Waals surface area (Å²) >= 11 is 15.1. The van der Waals surface area contributed by atoms with Crippen LogP contribution >= 0.6 is 47.3 Å². The van der Waals surface area contributed by atoms with Gasteiger partial charge in [0.1, 0.15) is 4.99 Å². The van der Waals surface area contributed by atoms with Crippen molar-refractivity contribution in [2.45, 2.75) is 5.25 Å². The highest BCUT2D eigenvalue weighted by Gasteiger charge is 2.15. The van der Waals surface area contributed by atoms with Crippen LogP contribution in [0.1, 0.15) is 5.56 Å². The van der Waals surface area contributed by atoms with Gasteiger partial charge in [-0.05, 0) is 18.2 Å². The summed E-state index contributed by atoms with van der Waals surface area (Å²) in [4.78, 5) is 0.380. The molecule has 1 unspecified atom stereocenters. The molecule has 1 fully saturated rings. The minimum Gasteiger partial charge on any atom is -0.389 e. The van der Waals surface area contributed by atoms with Gasteiger partial charge in [0.2, 0.25) is 0 Å². The van der Waals surface area contributed by atoms with Crippen LogP contribution < -0.4 is 11.1 Å². The highest BCUT2D eigenvalue weighted by atomic mass is 35.5. The van der Waals surface area contributed by atoms with Crippen LogP contribution in [0.25, 0.3) is 0 Å². The number of nitrogens with one attached hydrogen (secondary N) is 1. The lowest BCUT2D eigenvalue weighted by molar-refractivity contribution is 1.00. The van der Waals surface area contributed by atoms with Crippen LogP contribution in [0.2, 0.25) is 5.02 Å². The van der Waals surface area contributed by atoms with Crippen molar-refractivity contribution in [3.63, 3.8) is 0 Å². The Labute approximate surface area is 126 Å². The van der Waals surface area contributed by atoms with Crippen LogP contribution in [0.5, 0.6) is 0 Å². The number of anilines is 1. The molecule has 0 bridgehead atoms. The molecule has 1 aliphatic heterocycles. The van der Waals surface area contributed by atoms with Gasteiger partial charge in [-0.25, -0.2) is 0 Å². The lowest BCUT2D eigenvalue weighted by Gasteiger charge is -2.22. The fraction of sp³-hybridized carbons (Fsp3) is 0.417. The molecule has 0 aromatic heterocycles. The molecule has 18 heavy (non-hydrogen) atoms. The van der Waals surface area contributed by atoms with Crippen LogP contribution in [-0.2, 0) is 0 Å². The quantitative estimate of drug-likeness (QED) is 0.834.